The molecule has 2 aromatic carbocycles. The van der Waals surface area contributed by atoms with Crippen molar-refractivity contribution in [2.24, 2.45) is 0 Å². The first-order valence-corrected chi connectivity index (χ1v) is 8.18. The van der Waals surface area contributed by atoms with Gasteiger partial charge in [0.25, 0.3) is 0 Å². The van der Waals surface area contributed by atoms with Gasteiger partial charge in [0.2, 0.25) is 0 Å². The van der Waals surface area contributed by atoms with Gasteiger partial charge in [-0.05, 0) is 43.2 Å². The highest BCUT2D eigenvalue weighted by Crippen LogP contribution is 2.45. The first-order valence-electron chi connectivity index (χ1n) is 8.18. The number of anilines is 3. The number of benzene rings is 2. The quantitative estimate of drug-likeness (QED) is 0.583. The summed E-state index contributed by atoms with van der Waals surface area (Å²) < 4.78 is 0. The smallest absolute Gasteiger partial charge is 0.0860 e. The third-order valence-corrected chi connectivity index (χ3v) is 4.54. The van der Waals surface area contributed by atoms with Gasteiger partial charge in [-0.3, -0.25) is 4.98 Å². The molecule has 4 rings (SSSR count). The summed E-state index contributed by atoms with van der Waals surface area (Å²) in [5.41, 5.74) is 5.74. The maximum atomic E-state index is 10.7. The van der Waals surface area contributed by atoms with Gasteiger partial charge in [-0.15, -0.1) is 0 Å². The van der Waals surface area contributed by atoms with E-state index in [1.165, 1.54) is 11.1 Å². The van der Waals surface area contributed by atoms with E-state index in [-0.39, 0.29) is 0 Å². The van der Waals surface area contributed by atoms with Crippen LogP contribution in [-0.2, 0) is 12.0 Å². The van der Waals surface area contributed by atoms with Gasteiger partial charge >= 0.3 is 0 Å². The van der Waals surface area contributed by atoms with Crippen LogP contribution < -0.4 is 4.90 Å². The van der Waals surface area contributed by atoms with Crippen LogP contribution >= 0.6 is 0 Å². The van der Waals surface area contributed by atoms with E-state index in [0.717, 1.165) is 29.0 Å². The molecule has 3 heteroatoms. The van der Waals surface area contributed by atoms with E-state index in [9.17, 15) is 5.11 Å². The minimum absolute atomic E-state index is 0.876. The van der Waals surface area contributed by atoms with Gasteiger partial charge in [0.05, 0.1) is 17.0 Å². The predicted octanol–water partition coefficient (Wildman–Crippen LogP) is 4.68. The van der Waals surface area contributed by atoms with Crippen LogP contribution in [-0.4, -0.2) is 10.1 Å². The highest BCUT2D eigenvalue weighted by molar-refractivity contribution is 5.84. The minimum atomic E-state index is -0.920. The van der Waals surface area contributed by atoms with Gasteiger partial charge in [-0.1, -0.05) is 36.4 Å². The van der Waals surface area contributed by atoms with E-state index in [1.54, 1.807) is 0 Å². The molecule has 120 valence electrons. The Morgan fingerprint density at radius 3 is 2.33 bits per heavy atom. The Kier molecular flexibility index (Phi) is 3.39. The highest BCUT2D eigenvalue weighted by Gasteiger charge is 2.28. The zero-order valence-electron chi connectivity index (χ0n) is 13.9. The Bertz CT molecular complexity index is 851. The lowest BCUT2D eigenvalue weighted by atomic mass is 9.92. The molecule has 0 saturated heterocycles. The zero-order valence-corrected chi connectivity index (χ0v) is 13.9. The van der Waals surface area contributed by atoms with Gasteiger partial charge in [0.1, 0.15) is 0 Å². The molecule has 0 atom stereocenters. The SMILES string of the molecule is CC(C)(O)c1ccccc1N1c2ccccc2Cc2cnccc21. The van der Waals surface area contributed by atoms with Crippen LogP contribution in [0.1, 0.15) is 30.5 Å². The fraction of sp³-hybridized carbons (Fsp3) is 0.190. The minimum Gasteiger partial charge on any atom is -0.386 e. The van der Waals surface area contributed by atoms with Crippen molar-refractivity contribution in [1.82, 2.24) is 4.98 Å². The van der Waals surface area contributed by atoms with E-state index in [2.05, 4.69) is 40.2 Å². The number of nitrogens with zero attached hydrogens (tertiary/aromatic N) is 2. The first kappa shape index (κ1) is 14.9. The van der Waals surface area contributed by atoms with E-state index >= 15 is 0 Å². The second-order valence-corrected chi connectivity index (χ2v) is 6.72. The standard InChI is InChI=1S/C21H20N2O/c1-21(2,24)17-8-4-6-10-20(17)23-18-9-5-3-7-15(18)13-16-14-22-12-11-19(16)23/h3-12,14,24H,13H2,1-2H3. The Morgan fingerprint density at radius 1 is 0.875 bits per heavy atom. The summed E-state index contributed by atoms with van der Waals surface area (Å²) in [6.07, 6.45) is 4.64. The summed E-state index contributed by atoms with van der Waals surface area (Å²) >= 11 is 0. The molecule has 0 amide bonds. The van der Waals surface area contributed by atoms with Gasteiger partial charge in [0.15, 0.2) is 0 Å². The Hall–Kier alpha value is -2.65. The Morgan fingerprint density at radius 2 is 1.54 bits per heavy atom. The summed E-state index contributed by atoms with van der Waals surface area (Å²) in [7, 11) is 0. The molecule has 0 saturated carbocycles. The molecular weight excluding hydrogens is 296 g/mol. The van der Waals surface area contributed by atoms with Crippen molar-refractivity contribution in [3.63, 3.8) is 0 Å². The normalized spacial score (nSPS) is 13.4. The van der Waals surface area contributed by atoms with Crippen LogP contribution in [0.15, 0.2) is 67.0 Å². The summed E-state index contributed by atoms with van der Waals surface area (Å²) in [6, 6.07) is 18.5. The first-order chi connectivity index (χ1) is 11.6. The third-order valence-electron chi connectivity index (χ3n) is 4.54. The van der Waals surface area contributed by atoms with Crippen molar-refractivity contribution in [3.8, 4) is 0 Å². The van der Waals surface area contributed by atoms with Crippen LogP contribution in [0.3, 0.4) is 0 Å². The van der Waals surface area contributed by atoms with Crippen molar-refractivity contribution in [1.29, 1.82) is 0 Å². The molecule has 3 nitrogen and oxygen atoms in total. The van der Waals surface area contributed by atoms with Gasteiger partial charge in [-0.25, -0.2) is 0 Å². The molecule has 1 aliphatic heterocycles. The molecular formula is C21H20N2O. The van der Waals surface area contributed by atoms with Gasteiger partial charge in [-0.2, -0.15) is 0 Å². The Balaban J connectivity index is 2.00. The van der Waals surface area contributed by atoms with Crippen molar-refractivity contribution in [2.75, 3.05) is 4.90 Å². The van der Waals surface area contributed by atoms with Crippen molar-refractivity contribution < 1.29 is 5.11 Å². The maximum Gasteiger partial charge on any atom is 0.0860 e. The number of hydrogen-bond donors (Lipinski definition) is 1. The van der Waals surface area contributed by atoms with Crippen molar-refractivity contribution >= 4 is 17.1 Å². The van der Waals surface area contributed by atoms with E-state index in [0.29, 0.717) is 0 Å². The largest absolute Gasteiger partial charge is 0.386 e. The number of aromatic nitrogens is 1. The molecule has 0 bridgehead atoms. The van der Waals surface area contributed by atoms with Crippen LogP contribution in [0.2, 0.25) is 0 Å². The third kappa shape index (κ3) is 2.38. The highest BCUT2D eigenvalue weighted by atomic mass is 16.3. The van der Waals surface area contributed by atoms with Crippen LogP contribution in [0.25, 0.3) is 0 Å². The fourth-order valence-electron chi connectivity index (χ4n) is 3.43. The summed E-state index contributed by atoms with van der Waals surface area (Å²) in [6.45, 7) is 3.66. The number of aliphatic hydroxyl groups is 1. The number of para-hydroxylation sites is 2. The second-order valence-electron chi connectivity index (χ2n) is 6.72. The van der Waals surface area contributed by atoms with Crippen LogP contribution in [0, 0.1) is 0 Å². The monoisotopic (exact) mass is 316 g/mol. The summed E-state index contributed by atoms with van der Waals surface area (Å²) in [5.74, 6) is 0. The molecule has 0 unspecified atom stereocenters. The number of hydrogen-bond acceptors (Lipinski definition) is 3. The topological polar surface area (TPSA) is 36.4 Å². The molecule has 0 aliphatic carbocycles. The maximum absolute atomic E-state index is 10.7. The Labute approximate surface area is 142 Å². The average molecular weight is 316 g/mol. The van der Waals surface area contributed by atoms with E-state index in [4.69, 9.17) is 0 Å². The molecule has 0 fully saturated rings. The van der Waals surface area contributed by atoms with Crippen molar-refractivity contribution in [3.05, 3.63) is 83.7 Å². The van der Waals surface area contributed by atoms with Crippen LogP contribution in [0.4, 0.5) is 17.1 Å². The summed E-state index contributed by atoms with van der Waals surface area (Å²) in [4.78, 5) is 6.53. The lowest BCUT2D eigenvalue weighted by Crippen LogP contribution is -2.24. The zero-order chi connectivity index (χ0) is 16.7. The number of pyridine rings is 1. The molecule has 3 aromatic rings. The molecule has 0 spiro atoms. The second kappa shape index (κ2) is 5.46. The average Bonchev–Trinajstić information content (AvgIpc) is 2.59. The lowest BCUT2D eigenvalue weighted by molar-refractivity contribution is 0.0792. The van der Waals surface area contributed by atoms with E-state index < -0.39 is 5.60 Å². The fourth-order valence-corrected chi connectivity index (χ4v) is 3.43. The van der Waals surface area contributed by atoms with Gasteiger partial charge in [0, 0.05) is 30.1 Å². The van der Waals surface area contributed by atoms with Crippen molar-refractivity contribution in [2.45, 2.75) is 25.9 Å². The molecule has 1 N–H and O–H groups in total. The lowest BCUT2D eigenvalue weighted by Gasteiger charge is -2.36. The number of fused-ring (bicyclic) bond motifs is 2. The summed E-state index contributed by atoms with van der Waals surface area (Å²) in [5, 5.41) is 10.7. The molecule has 2 heterocycles. The molecule has 1 aliphatic rings. The van der Waals surface area contributed by atoms with E-state index in [1.807, 2.05) is 50.5 Å². The number of rotatable bonds is 2. The molecule has 24 heavy (non-hydrogen) atoms. The van der Waals surface area contributed by atoms with Crippen LogP contribution in [0.5, 0.6) is 0 Å². The van der Waals surface area contributed by atoms with Gasteiger partial charge < -0.3 is 10.0 Å². The molecule has 0 radical (unpaired) electrons. The molecule has 1 aromatic heterocycles. The predicted molar refractivity (Wildman–Crippen MR) is 97.0 cm³/mol.